The molecule has 0 aliphatic carbocycles. The van der Waals surface area contributed by atoms with E-state index in [2.05, 4.69) is 36.4 Å². The summed E-state index contributed by atoms with van der Waals surface area (Å²) in [4.78, 5) is 0. The largest absolute Gasteiger partial charge is 0.374 e. The van der Waals surface area contributed by atoms with Crippen molar-refractivity contribution in [3.63, 3.8) is 0 Å². The molecule has 0 saturated carbocycles. The van der Waals surface area contributed by atoms with Crippen molar-refractivity contribution < 1.29 is 18.9 Å². The average molecular weight is 419 g/mol. The Kier molecular flexibility index (Phi) is 8.25. The second kappa shape index (κ2) is 11.8. The van der Waals surface area contributed by atoms with Crippen LogP contribution in [0.4, 0.5) is 0 Å². The highest BCUT2D eigenvalue weighted by molar-refractivity contribution is 5.15. The zero-order valence-electron chi connectivity index (χ0n) is 17.8. The minimum atomic E-state index is -0.103. The molecule has 1 heterocycles. The predicted octanol–water partition coefficient (Wildman–Crippen LogP) is 5.16. The maximum atomic E-state index is 6.30. The molecule has 1 aliphatic heterocycles. The summed E-state index contributed by atoms with van der Waals surface area (Å²) in [6, 6.07) is 30.7. The van der Waals surface area contributed by atoms with Gasteiger partial charge < -0.3 is 18.9 Å². The van der Waals surface area contributed by atoms with Crippen LogP contribution in [0, 0.1) is 0 Å². The standard InChI is InChI=1S/C27H30O4/c1-4-10-22(11-5-1)17-28-20-25-16-26(30-18-23-12-6-2-7-13-23)27(21-29-25)31-19-24-14-8-3-9-15-24/h1-15,25-27H,16-21H2/t25-,26-,27-/m0/s1. The van der Waals surface area contributed by atoms with Crippen molar-refractivity contribution in [2.24, 2.45) is 0 Å². The van der Waals surface area contributed by atoms with E-state index in [1.165, 1.54) is 5.56 Å². The van der Waals surface area contributed by atoms with Crippen LogP contribution in [0.1, 0.15) is 23.1 Å². The Morgan fingerprint density at radius 1 is 0.613 bits per heavy atom. The van der Waals surface area contributed by atoms with Gasteiger partial charge in [-0.3, -0.25) is 0 Å². The van der Waals surface area contributed by atoms with Crippen molar-refractivity contribution in [3.8, 4) is 0 Å². The van der Waals surface area contributed by atoms with Gasteiger partial charge in [0.2, 0.25) is 0 Å². The average Bonchev–Trinajstić information content (AvgIpc) is 2.84. The van der Waals surface area contributed by atoms with E-state index in [4.69, 9.17) is 18.9 Å². The van der Waals surface area contributed by atoms with Gasteiger partial charge in [-0.05, 0) is 16.7 Å². The molecule has 1 saturated heterocycles. The van der Waals surface area contributed by atoms with E-state index < -0.39 is 0 Å². The Bertz CT molecular complexity index is 870. The summed E-state index contributed by atoms with van der Waals surface area (Å²) in [6.45, 7) is 2.75. The molecule has 0 N–H and O–H groups in total. The van der Waals surface area contributed by atoms with E-state index in [1.807, 2.05) is 54.6 Å². The zero-order valence-corrected chi connectivity index (χ0v) is 17.8. The quantitative estimate of drug-likeness (QED) is 0.456. The highest BCUT2D eigenvalue weighted by atomic mass is 16.6. The number of hydrogen-bond acceptors (Lipinski definition) is 4. The molecule has 0 radical (unpaired) electrons. The first kappa shape index (κ1) is 21.7. The third-order valence-corrected chi connectivity index (χ3v) is 5.44. The molecule has 3 aromatic carbocycles. The molecule has 4 heteroatoms. The molecule has 1 aliphatic rings. The van der Waals surface area contributed by atoms with Crippen molar-refractivity contribution in [2.75, 3.05) is 13.2 Å². The lowest BCUT2D eigenvalue weighted by Crippen LogP contribution is -2.45. The summed E-state index contributed by atoms with van der Waals surface area (Å²) in [5.74, 6) is 0. The third kappa shape index (κ3) is 7.01. The lowest BCUT2D eigenvalue weighted by atomic mass is 10.0. The van der Waals surface area contributed by atoms with E-state index in [1.54, 1.807) is 0 Å². The minimum absolute atomic E-state index is 0.000982. The SMILES string of the molecule is c1ccc(COC[C@@H]2C[C@H](OCc3ccccc3)[C@@H](OCc3ccccc3)CO2)cc1. The number of rotatable bonds is 10. The summed E-state index contributed by atoms with van der Waals surface area (Å²) in [5, 5.41) is 0. The van der Waals surface area contributed by atoms with Gasteiger partial charge in [0.1, 0.15) is 6.10 Å². The predicted molar refractivity (Wildman–Crippen MR) is 120 cm³/mol. The smallest absolute Gasteiger partial charge is 0.107 e. The van der Waals surface area contributed by atoms with Gasteiger partial charge in [-0.25, -0.2) is 0 Å². The third-order valence-electron chi connectivity index (χ3n) is 5.44. The molecule has 4 rings (SSSR count). The first-order valence-corrected chi connectivity index (χ1v) is 10.9. The first-order valence-electron chi connectivity index (χ1n) is 10.9. The highest BCUT2D eigenvalue weighted by Gasteiger charge is 2.33. The fraction of sp³-hybridized carbons (Fsp3) is 0.333. The second-order valence-electron chi connectivity index (χ2n) is 7.86. The van der Waals surface area contributed by atoms with Crippen LogP contribution in [0.3, 0.4) is 0 Å². The van der Waals surface area contributed by atoms with E-state index in [-0.39, 0.29) is 18.3 Å². The first-order chi connectivity index (χ1) is 15.4. The summed E-state index contributed by atoms with van der Waals surface area (Å²) < 4.78 is 24.5. The lowest BCUT2D eigenvalue weighted by Gasteiger charge is -2.36. The zero-order chi connectivity index (χ0) is 21.1. The lowest BCUT2D eigenvalue weighted by molar-refractivity contribution is -0.181. The molecule has 0 aromatic heterocycles. The Morgan fingerprint density at radius 3 is 1.65 bits per heavy atom. The van der Waals surface area contributed by atoms with Crippen LogP contribution in [0.15, 0.2) is 91.0 Å². The number of hydrogen-bond donors (Lipinski definition) is 0. The molecular formula is C27H30O4. The fourth-order valence-corrected chi connectivity index (χ4v) is 3.70. The van der Waals surface area contributed by atoms with Crippen molar-refractivity contribution in [1.82, 2.24) is 0 Å². The number of benzene rings is 3. The Balaban J connectivity index is 1.31. The molecule has 162 valence electrons. The van der Waals surface area contributed by atoms with Crippen molar-refractivity contribution in [3.05, 3.63) is 108 Å². The Labute approximate surface area is 184 Å². The van der Waals surface area contributed by atoms with E-state index in [9.17, 15) is 0 Å². The monoisotopic (exact) mass is 418 g/mol. The maximum Gasteiger partial charge on any atom is 0.107 e. The summed E-state index contributed by atoms with van der Waals surface area (Å²) in [7, 11) is 0. The maximum absolute atomic E-state index is 6.30. The van der Waals surface area contributed by atoms with Crippen LogP contribution in [0.5, 0.6) is 0 Å². The molecule has 0 bridgehead atoms. The van der Waals surface area contributed by atoms with Crippen LogP contribution in [-0.2, 0) is 38.8 Å². The van der Waals surface area contributed by atoms with Crippen molar-refractivity contribution in [1.29, 1.82) is 0 Å². The van der Waals surface area contributed by atoms with Gasteiger partial charge >= 0.3 is 0 Å². The van der Waals surface area contributed by atoms with Crippen molar-refractivity contribution >= 4 is 0 Å². The van der Waals surface area contributed by atoms with Crippen LogP contribution in [-0.4, -0.2) is 31.5 Å². The van der Waals surface area contributed by atoms with Gasteiger partial charge in [0.25, 0.3) is 0 Å². The van der Waals surface area contributed by atoms with Gasteiger partial charge in [-0.2, -0.15) is 0 Å². The Morgan fingerprint density at radius 2 is 1.10 bits per heavy atom. The summed E-state index contributed by atoms with van der Waals surface area (Å²) in [5.41, 5.74) is 3.48. The van der Waals surface area contributed by atoms with Gasteiger partial charge in [0, 0.05) is 6.42 Å². The normalized spacial score (nSPS) is 21.1. The summed E-state index contributed by atoms with van der Waals surface area (Å²) >= 11 is 0. The van der Waals surface area contributed by atoms with Crippen LogP contribution < -0.4 is 0 Å². The van der Waals surface area contributed by atoms with E-state index in [0.29, 0.717) is 33.0 Å². The van der Waals surface area contributed by atoms with Crippen LogP contribution in [0.25, 0.3) is 0 Å². The topological polar surface area (TPSA) is 36.9 Å². The second-order valence-corrected chi connectivity index (χ2v) is 7.86. The van der Waals surface area contributed by atoms with Crippen LogP contribution in [0.2, 0.25) is 0 Å². The molecule has 1 fully saturated rings. The molecule has 3 aromatic rings. The molecular weight excluding hydrogens is 388 g/mol. The summed E-state index contributed by atoms with van der Waals surface area (Å²) in [6.07, 6.45) is 0.611. The van der Waals surface area contributed by atoms with Gasteiger partial charge in [-0.15, -0.1) is 0 Å². The van der Waals surface area contributed by atoms with E-state index in [0.717, 1.165) is 17.5 Å². The number of ether oxygens (including phenoxy) is 4. The van der Waals surface area contributed by atoms with Gasteiger partial charge in [-0.1, -0.05) is 91.0 Å². The van der Waals surface area contributed by atoms with E-state index >= 15 is 0 Å². The highest BCUT2D eigenvalue weighted by Crippen LogP contribution is 2.23. The molecule has 31 heavy (non-hydrogen) atoms. The van der Waals surface area contributed by atoms with Crippen LogP contribution >= 0.6 is 0 Å². The van der Waals surface area contributed by atoms with Gasteiger partial charge in [0.15, 0.2) is 0 Å². The molecule has 0 spiro atoms. The molecule has 3 atom stereocenters. The molecule has 4 nitrogen and oxygen atoms in total. The fourth-order valence-electron chi connectivity index (χ4n) is 3.70. The van der Waals surface area contributed by atoms with Crippen molar-refractivity contribution in [2.45, 2.75) is 44.6 Å². The molecule has 0 amide bonds. The molecule has 0 unspecified atom stereocenters. The van der Waals surface area contributed by atoms with Gasteiger partial charge in [0.05, 0.1) is 45.2 Å². The Hall–Kier alpha value is -2.50. The minimum Gasteiger partial charge on any atom is -0.374 e.